The Kier molecular flexibility index (Phi) is 5.33. The van der Waals surface area contributed by atoms with Gasteiger partial charge in [0.05, 0.1) is 12.7 Å². The molecule has 0 fully saturated rings. The summed E-state index contributed by atoms with van der Waals surface area (Å²) < 4.78 is 0. The van der Waals surface area contributed by atoms with E-state index < -0.39 is 6.10 Å². The molecule has 0 aliphatic rings. The number of hydrogen-bond donors (Lipinski definition) is 3. The maximum absolute atomic E-state index is 12.5. The highest BCUT2D eigenvalue weighted by molar-refractivity contribution is 6.30. The quantitative estimate of drug-likeness (QED) is 0.717. The van der Waals surface area contributed by atoms with Gasteiger partial charge in [-0.2, -0.15) is 0 Å². The monoisotopic (exact) mass is 305 g/mol. The molecule has 21 heavy (non-hydrogen) atoms. The molecule has 0 saturated carbocycles. The molecule has 3 N–H and O–H groups in total. The number of anilines is 1. The summed E-state index contributed by atoms with van der Waals surface area (Å²) in [6, 6.07) is 13.7. The van der Waals surface area contributed by atoms with E-state index >= 15 is 0 Å². The van der Waals surface area contributed by atoms with E-state index in [1.807, 2.05) is 0 Å². The summed E-state index contributed by atoms with van der Waals surface area (Å²) >= 11 is 5.82. The second-order valence-corrected chi connectivity index (χ2v) is 5.04. The largest absolute Gasteiger partial charge is 0.394 e. The van der Waals surface area contributed by atoms with Crippen LogP contribution in [0.3, 0.4) is 0 Å². The predicted octanol–water partition coefficient (Wildman–Crippen LogP) is 2.34. The number of hydrogen-bond acceptors (Lipinski definition) is 4. The van der Waals surface area contributed by atoms with Crippen LogP contribution in [-0.2, 0) is 0 Å². The first kappa shape index (κ1) is 15.5. The van der Waals surface area contributed by atoms with E-state index in [2.05, 4.69) is 5.32 Å². The van der Waals surface area contributed by atoms with Crippen LogP contribution in [0.5, 0.6) is 0 Å². The second-order valence-electron chi connectivity index (χ2n) is 4.60. The smallest absolute Gasteiger partial charge is 0.195 e. The first-order chi connectivity index (χ1) is 10.1. The Morgan fingerprint density at radius 1 is 1.14 bits per heavy atom. The minimum atomic E-state index is -0.872. The summed E-state index contributed by atoms with van der Waals surface area (Å²) in [5.74, 6) is -0.131. The molecule has 0 radical (unpaired) electrons. The lowest BCUT2D eigenvalue weighted by Gasteiger charge is -2.13. The van der Waals surface area contributed by atoms with Gasteiger partial charge in [-0.3, -0.25) is 4.79 Å². The van der Waals surface area contributed by atoms with Crippen LogP contribution >= 0.6 is 11.6 Å². The van der Waals surface area contributed by atoms with Crippen LogP contribution in [0.4, 0.5) is 5.69 Å². The Hall–Kier alpha value is -1.88. The average Bonchev–Trinajstić information content (AvgIpc) is 2.53. The SMILES string of the molecule is O=C(c1ccc(Cl)cc1)c1ccccc1NCC(O)CO. The number of aliphatic hydroxyl groups is 2. The van der Waals surface area contributed by atoms with Gasteiger partial charge in [0, 0.05) is 28.4 Å². The zero-order valence-electron chi connectivity index (χ0n) is 11.3. The fourth-order valence-corrected chi connectivity index (χ4v) is 2.01. The van der Waals surface area contributed by atoms with Gasteiger partial charge in [-0.15, -0.1) is 0 Å². The van der Waals surface area contributed by atoms with Gasteiger partial charge < -0.3 is 15.5 Å². The summed E-state index contributed by atoms with van der Waals surface area (Å²) in [6.45, 7) is -0.165. The molecule has 0 heterocycles. The Morgan fingerprint density at radius 3 is 2.48 bits per heavy atom. The number of aliphatic hydroxyl groups excluding tert-OH is 2. The minimum Gasteiger partial charge on any atom is -0.394 e. The molecule has 2 aromatic carbocycles. The maximum Gasteiger partial charge on any atom is 0.195 e. The maximum atomic E-state index is 12.5. The van der Waals surface area contributed by atoms with Crippen LogP contribution in [-0.4, -0.2) is 35.3 Å². The van der Waals surface area contributed by atoms with Crippen molar-refractivity contribution >= 4 is 23.1 Å². The molecule has 5 heteroatoms. The molecule has 1 atom stereocenters. The molecule has 0 spiro atoms. The molecule has 4 nitrogen and oxygen atoms in total. The van der Waals surface area contributed by atoms with Crippen molar-refractivity contribution in [2.24, 2.45) is 0 Å². The Balaban J connectivity index is 2.22. The van der Waals surface area contributed by atoms with Crippen LogP contribution < -0.4 is 5.32 Å². The molecule has 0 aliphatic carbocycles. The van der Waals surface area contributed by atoms with Crippen LogP contribution in [0.1, 0.15) is 15.9 Å². The Labute approximate surface area is 128 Å². The van der Waals surface area contributed by atoms with Crippen LogP contribution in [0, 0.1) is 0 Å². The highest BCUT2D eigenvalue weighted by Gasteiger charge is 2.13. The highest BCUT2D eigenvalue weighted by atomic mass is 35.5. The predicted molar refractivity (Wildman–Crippen MR) is 82.9 cm³/mol. The number of nitrogens with one attached hydrogen (secondary N) is 1. The fourth-order valence-electron chi connectivity index (χ4n) is 1.88. The van der Waals surface area contributed by atoms with Gasteiger partial charge in [0.15, 0.2) is 5.78 Å². The standard InChI is InChI=1S/C16H16ClNO3/c17-12-7-5-11(6-8-12)16(21)14-3-1-2-4-15(14)18-9-13(20)10-19/h1-8,13,18-20H,9-10H2. The van der Waals surface area contributed by atoms with E-state index in [-0.39, 0.29) is 18.9 Å². The van der Waals surface area contributed by atoms with Crippen molar-refractivity contribution in [2.45, 2.75) is 6.10 Å². The summed E-state index contributed by atoms with van der Waals surface area (Å²) in [4.78, 5) is 12.5. The molecule has 0 amide bonds. The molecule has 0 saturated heterocycles. The lowest BCUT2D eigenvalue weighted by Crippen LogP contribution is -2.23. The van der Waals surface area contributed by atoms with Crippen LogP contribution in [0.15, 0.2) is 48.5 Å². The van der Waals surface area contributed by atoms with Crippen molar-refractivity contribution in [2.75, 3.05) is 18.5 Å². The summed E-state index contributed by atoms with van der Waals surface area (Å²) in [5, 5.41) is 21.8. The average molecular weight is 306 g/mol. The van der Waals surface area contributed by atoms with E-state index in [9.17, 15) is 9.90 Å². The first-order valence-electron chi connectivity index (χ1n) is 6.54. The Morgan fingerprint density at radius 2 is 1.81 bits per heavy atom. The first-order valence-corrected chi connectivity index (χ1v) is 6.91. The van der Waals surface area contributed by atoms with E-state index in [0.717, 1.165) is 0 Å². The van der Waals surface area contributed by atoms with Gasteiger partial charge in [0.25, 0.3) is 0 Å². The van der Waals surface area contributed by atoms with Crippen LogP contribution in [0.25, 0.3) is 0 Å². The zero-order valence-corrected chi connectivity index (χ0v) is 12.0. The van der Waals surface area contributed by atoms with Crippen LogP contribution in [0.2, 0.25) is 5.02 Å². The highest BCUT2D eigenvalue weighted by Crippen LogP contribution is 2.20. The van der Waals surface area contributed by atoms with Gasteiger partial charge >= 0.3 is 0 Å². The van der Waals surface area contributed by atoms with Gasteiger partial charge in [-0.1, -0.05) is 23.7 Å². The van der Waals surface area contributed by atoms with E-state index in [1.54, 1.807) is 48.5 Å². The van der Waals surface area contributed by atoms with Gasteiger partial charge in [-0.05, 0) is 36.4 Å². The molecular weight excluding hydrogens is 290 g/mol. The molecule has 0 aromatic heterocycles. The molecule has 110 valence electrons. The van der Waals surface area contributed by atoms with Crippen molar-refractivity contribution in [1.29, 1.82) is 0 Å². The molecular formula is C16H16ClNO3. The fraction of sp³-hybridized carbons (Fsp3) is 0.188. The minimum absolute atomic E-state index is 0.131. The van der Waals surface area contributed by atoms with E-state index in [4.69, 9.17) is 16.7 Å². The number of rotatable bonds is 6. The topological polar surface area (TPSA) is 69.6 Å². The molecule has 1 unspecified atom stereocenters. The lowest BCUT2D eigenvalue weighted by molar-refractivity contribution is 0.103. The molecule has 2 rings (SSSR count). The second kappa shape index (κ2) is 7.22. The number of ketones is 1. The molecule has 0 aliphatic heterocycles. The van der Waals surface area contributed by atoms with Gasteiger partial charge in [0.2, 0.25) is 0 Å². The number of benzene rings is 2. The third-order valence-electron chi connectivity index (χ3n) is 3.02. The third kappa shape index (κ3) is 4.04. The van der Waals surface area contributed by atoms with Crippen molar-refractivity contribution in [3.8, 4) is 0 Å². The number of halogens is 1. The molecule has 2 aromatic rings. The normalized spacial score (nSPS) is 12.0. The van der Waals surface area contributed by atoms with Gasteiger partial charge in [-0.25, -0.2) is 0 Å². The van der Waals surface area contributed by atoms with Gasteiger partial charge in [0.1, 0.15) is 0 Å². The summed E-state index contributed by atoms with van der Waals surface area (Å²) in [6.07, 6.45) is -0.872. The zero-order chi connectivity index (χ0) is 15.2. The Bertz CT molecular complexity index is 613. The summed E-state index contributed by atoms with van der Waals surface area (Å²) in [5.41, 5.74) is 1.66. The number of para-hydroxylation sites is 1. The lowest BCUT2D eigenvalue weighted by atomic mass is 10.0. The van der Waals surface area contributed by atoms with Crippen molar-refractivity contribution in [1.82, 2.24) is 0 Å². The van der Waals surface area contributed by atoms with E-state index in [1.165, 1.54) is 0 Å². The van der Waals surface area contributed by atoms with Crippen molar-refractivity contribution in [3.05, 3.63) is 64.7 Å². The third-order valence-corrected chi connectivity index (χ3v) is 3.27. The molecule has 0 bridgehead atoms. The number of carbonyl (C=O) groups is 1. The van der Waals surface area contributed by atoms with Crippen molar-refractivity contribution < 1.29 is 15.0 Å². The summed E-state index contributed by atoms with van der Waals surface area (Å²) in [7, 11) is 0. The van der Waals surface area contributed by atoms with Crippen molar-refractivity contribution in [3.63, 3.8) is 0 Å². The number of carbonyl (C=O) groups excluding carboxylic acids is 1. The van der Waals surface area contributed by atoms with E-state index in [0.29, 0.717) is 21.8 Å².